The molecule has 10 nitrogen and oxygen atoms in total. The summed E-state index contributed by atoms with van der Waals surface area (Å²) in [5.74, 6) is -0.349. The van der Waals surface area contributed by atoms with Crippen molar-refractivity contribution in [3.63, 3.8) is 0 Å². The highest BCUT2D eigenvalue weighted by Crippen LogP contribution is 2.53. The molecule has 10 heteroatoms. The fourth-order valence-corrected chi connectivity index (χ4v) is 6.91. The molecule has 1 aromatic carbocycles. The molecule has 1 aromatic rings. The second-order valence-electron chi connectivity index (χ2n) is 11.5. The monoisotopic (exact) mass is 550 g/mol. The zero-order valence-corrected chi connectivity index (χ0v) is 22.7. The third-order valence-corrected chi connectivity index (χ3v) is 8.92. The maximum Gasteiger partial charge on any atom is 0.258 e. The SMILES string of the molecule is CNC(=O)C1=C(O)C2(O)C(=O)C3=C(O)c4c(O)ccc(C#CC5(O)CCCCC5)c4CC3CC2C(N(C)C)C1=O. The minimum Gasteiger partial charge on any atom is -0.508 e. The van der Waals surface area contributed by atoms with Crippen LogP contribution in [0.2, 0.25) is 0 Å². The summed E-state index contributed by atoms with van der Waals surface area (Å²) >= 11 is 0. The standard InChI is InChI=1S/C30H34N2O8/c1-31-28(38)22-25(35)23(32(2)3)18-14-16-13-17-15(9-12-29(39)10-5-4-6-11-29)7-8-19(33)21(17)24(34)20(16)26(36)30(18,40)27(22)37/h7-8,16,18,23,33-34,37,39-40H,4-6,10-11,13-14H2,1-3H3,(H,31,38). The number of Topliss-reactive ketones (excluding diaryl/α,β-unsaturated/α-hetero) is 2. The van der Waals surface area contributed by atoms with Crippen molar-refractivity contribution in [1.82, 2.24) is 10.2 Å². The molecule has 4 atom stereocenters. The van der Waals surface area contributed by atoms with E-state index in [0.29, 0.717) is 24.0 Å². The van der Waals surface area contributed by atoms with Crippen LogP contribution in [0.5, 0.6) is 5.75 Å². The highest BCUT2D eigenvalue weighted by molar-refractivity contribution is 6.24. The number of likely N-dealkylation sites (N-methyl/N-ethyl adjacent to an activating group) is 2. The zero-order chi connectivity index (χ0) is 29.1. The number of carbonyl (C=O) groups is 3. The quantitative estimate of drug-likeness (QED) is 0.235. The van der Waals surface area contributed by atoms with Crippen molar-refractivity contribution in [2.45, 2.75) is 62.2 Å². The second kappa shape index (κ2) is 9.77. The lowest BCUT2D eigenvalue weighted by Crippen LogP contribution is -2.65. The van der Waals surface area contributed by atoms with Crippen LogP contribution < -0.4 is 5.32 Å². The van der Waals surface area contributed by atoms with Crippen molar-refractivity contribution in [1.29, 1.82) is 0 Å². The molecule has 0 aromatic heterocycles. The number of benzene rings is 1. The Morgan fingerprint density at radius 2 is 1.75 bits per heavy atom. The molecule has 2 saturated carbocycles. The molecule has 0 heterocycles. The molecule has 5 rings (SSSR count). The van der Waals surface area contributed by atoms with Crippen LogP contribution in [0.3, 0.4) is 0 Å². The van der Waals surface area contributed by atoms with Gasteiger partial charge in [-0.05, 0) is 76.2 Å². The Bertz CT molecular complexity index is 1440. The maximum absolute atomic E-state index is 14.0. The average Bonchev–Trinajstić information content (AvgIpc) is 2.90. The molecule has 0 bridgehead atoms. The molecule has 6 N–H and O–H groups in total. The van der Waals surface area contributed by atoms with Crippen molar-refractivity contribution < 1.29 is 39.9 Å². The largest absolute Gasteiger partial charge is 0.508 e. The van der Waals surface area contributed by atoms with Crippen LogP contribution in [0.4, 0.5) is 0 Å². The minimum absolute atomic E-state index is 0.00452. The highest BCUT2D eigenvalue weighted by atomic mass is 16.3. The van der Waals surface area contributed by atoms with Gasteiger partial charge in [-0.15, -0.1) is 0 Å². The molecule has 4 unspecified atom stereocenters. The van der Waals surface area contributed by atoms with Gasteiger partial charge >= 0.3 is 0 Å². The number of aliphatic hydroxyl groups excluding tert-OH is 2. The van der Waals surface area contributed by atoms with E-state index in [0.717, 1.165) is 19.3 Å². The van der Waals surface area contributed by atoms with Crippen LogP contribution in [0.15, 0.2) is 29.0 Å². The number of phenolic OH excluding ortho intramolecular Hbond substituents is 1. The first-order valence-corrected chi connectivity index (χ1v) is 13.5. The van der Waals surface area contributed by atoms with Gasteiger partial charge in [-0.1, -0.05) is 18.3 Å². The van der Waals surface area contributed by atoms with Gasteiger partial charge in [0.1, 0.15) is 28.4 Å². The normalized spacial score (nSPS) is 29.3. The van der Waals surface area contributed by atoms with E-state index < -0.39 is 63.6 Å². The Hall–Kier alpha value is -3.65. The van der Waals surface area contributed by atoms with Gasteiger partial charge in [-0.25, -0.2) is 0 Å². The summed E-state index contributed by atoms with van der Waals surface area (Å²) in [6.07, 6.45) is 4.07. The van der Waals surface area contributed by atoms with Gasteiger partial charge in [0.15, 0.2) is 11.4 Å². The van der Waals surface area contributed by atoms with Gasteiger partial charge in [0.25, 0.3) is 5.91 Å². The Morgan fingerprint density at radius 1 is 1.07 bits per heavy atom. The van der Waals surface area contributed by atoms with Crippen molar-refractivity contribution >= 4 is 23.2 Å². The van der Waals surface area contributed by atoms with Crippen molar-refractivity contribution in [2.24, 2.45) is 11.8 Å². The van der Waals surface area contributed by atoms with E-state index in [9.17, 15) is 39.9 Å². The van der Waals surface area contributed by atoms with Crippen LogP contribution in [0.25, 0.3) is 5.76 Å². The van der Waals surface area contributed by atoms with Crippen LogP contribution in [0, 0.1) is 23.7 Å². The summed E-state index contributed by atoms with van der Waals surface area (Å²) in [6.45, 7) is 0. The van der Waals surface area contributed by atoms with E-state index in [1.165, 1.54) is 18.0 Å². The number of rotatable bonds is 2. The maximum atomic E-state index is 14.0. The number of nitrogens with one attached hydrogen (secondary N) is 1. The molecular weight excluding hydrogens is 516 g/mol. The summed E-state index contributed by atoms with van der Waals surface area (Å²) in [4.78, 5) is 41.4. The van der Waals surface area contributed by atoms with E-state index in [-0.39, 0.29) is 29.7 Å². The fourth-order valence-electron chi connectivity index (χ4n) is 6.91. The smallest absolute Gasteiger partial charge is 0.258 e. The summed E-state index contributed by atoms with van der Waals surface area (Å²) in [6, 6.07) is 1.84. The van der Waals surface area contributed by atoms with Gasteiger partial charge in [0, 0.05) is 24.1 Å². The first kappa shape index (κ1) is 27.9. The molecule has 212 valence electrons. The topological polar surface area (TPSA) is 168 Å². The molecule has 0 spiro atoms. The number of hydrogen-bond acceptors (Lipinski definition) is 9. The Kier molecular flexibility index (Phi) is 6.81. The van der Waals surface area contributed by atoms with Gasteiger partial charge in [-0.2, -0.15) is 0 Å². The Balaban J connectivity index is 1.66. The Labute approximate surface area is 232 Å². The van der Waals surface area contributed by atoms with Crippen LogP contribution >= 0.6 is 0 Å². The third kappa shape index (κ3) is 4.03. The van der Waals surface area contributed by atoms with E-state index in [4.69, 9.17) is 0 Å². The van der Waals surface area contributed by atoms with Crippen molar-refractivity contribution in [2.75, 3.05) is 21.1 Å². The Morgan fingerprint density at radius 3 is 2.38 bits per heavy atom. The molecule has 0 radical (unpaired) electrons. The predicted octanol–water partition coefficient (Wildman–Crippen LogP) is 1.27. The molecule has 4 aliphatic rings. The molecule has 0 saturated heterocycles. The molecule has 2 fully saturated rings. The number of ketones is 2. The second-order valence-corrected chi connectivity index (χ2v) is 11.5. The number of nitrogens with zero attached hydrogens (tertiary/aromatic N) is 1. The average molecular weight is 551 g/mol. The lowest BCUT2D eigenvalue weighted by molar-refractivity contribution is -0.153. The van der Waals surface area contributed by atoms with Crippen LogP contribution in [-0.2, 0) is 20.8 Å². The number of hydrogen-bond donors (Lipinski definition) is 6. The lowest BCUT2D eigenvalue weighted by atomic mass is 9.57. The lowest BCUT2D eigenvalue weighted by Gasteiger charge is -2.50. The summed E-state index contributed by atoms with van der Waals surface area (Å²) < 4.78 is 0. The number of carbonyl (C=O) groups excluding carboxylic acids is 3. The molecule has 1 amide bonds. The van der Waals surface area contributed by atoms with Gasteiger partial charge in [0.05, 0.1) is 11.6 Å². The van der Waals surface area contributed by atoms with E-state index >= 15 is 0 Å². The van der Waals surface area contributed by atoms with E-state index in [1.807, 2.05) is 0 Å². The molecule has 40 heavy (non-hydrogen) atoms. The number of aliphatic hydroxyl groups is 4. The predicted molar refractivity (Wildman–Crippen MR) is 144 cm³/mol. The van der Waals surface area contributed by atoms with E-state index in [1.54, 1.807) is 20.2 Å². The van der Waals surface area contributed by atoms with Crippen LogP contribution in [-0.4, -0.2) is 86.3 Å². The summed E-state index contributed by atoms with van der Waals surface area (Å²) in [5, 5.41) is 58.1. The first-order chi connectivity index (χ1) is 18.9. The third-order valence-electron chi connectivity index (χ3n) is 8.92. The number of amides is 1. The number of aromatic hydroxyl groups is 1. The molecular formula is C30H34N2O8. The fraction of sp³-hybridized carbons (Fsp3) is 0.500. The van der Waals surface area contributed by atoms with Gasteiger partial charge < -0.3 is 30.8 Å². The van der Waals surface area contributed by atoms with E-state index in [2.05, 4.69) is 17.2 Å². The molecule has 0 aliphatic heterocycles. The highest BCUT2D eigenvalue weighted by Gasteiger charge is 2.64. The minimum atomic E-state index is -2.64. The van der Waals surface area contributed by atoms with Gasteiger partial charge in [0.2, 0.25) is 5.78 Å². The van der Waals surface area contributed by atoms with Crippen molar-refractivity contribution in [3.05, 3.63) is 45.7 Å². The zero-order valence-electron chi connectivity index (χ0n) is 22.7. The van der Waals surface area contributed by atoms with Crippen LogP contribution in [0.1, 0.15) is 55.2 Å². The van der Waals surface area contributed by atoms with Gasteiger partial charge in [-0.3, -0.25) is 19.3 Å². The number of fused-ring (bicyclic) bond motifs is 3. The summed E-state index contributed by atoms with van der Waals surface area (Å²) in [7, 11) is 4.42. The first-order valence-electron chi connectivity index (χ1n) is 13.5. The van der Waals surface area contributed by atoms with Crippen molar-refractivity contribution in [3.8, 4) is 17.6 Å². The molecule has 4 aliphatic carbocycles. The number of phenols is 1. The summed E-state index contributed by atoms with van der Waals surface area (Å²) in [5.41, 5.74) is -3.68.